The first-order valence-corrected chi connectivity index (χ1v) is 39.5. The van der Waals surface area contributed by atoms with Crippen molar-refractivity contribution in [1.82, 2.24) is 40.4 Å². The van der Waals surface area contributed by atoms with Crippen molar-refractivity contribution >= 4 is 184 Å². The molecular weight excluding hydrogens is 1540 g/mol. The molecule has 4 aromatic heterocycles. The summed E-state index contributed by atoms with van der Waals surface area (Å²) < 4.78 is 40.6. The number of rotatable bonds is 26. The average molecular weight is 1630 g/mol. The molecule has 0 spiro atoms. The molecule has 2 aliphatic carbocycles. The minimum absolute atomic E-state index is 0. The van der Waals surface area contributed by atoms with Gasteiger partial charge >= 0.3 is 43.0 Å². The number of nitrogens with one attached hydrogen (secondary N) is 4. The van der Waals surface area contributed by atoms with Crippen LogP contribution in [0.1, 0.15) is 102 Å². The van der Waals surface area contributed by atoms with Gasteiger partial charge in [-0.2, -0.15) is 0 Å². The Hall–Kier alpha value is -10.1. The second-order valence-corrected chi connectivity index (χ2v) is 32.0. The molecule has 25 nitrogen and oxygen atoms in total. The van der Waals surface area contributed by atoms with Gasteiger partial charge in [-0.3, -0.25) is 19.4 Å². The molecule has 4 amide bonds. The van der Waals surface area contributed by atoms with Crippen LogP contribution < -0.4 is 59.1 Å². The Morgan fingerprint density at radius 2 is 1.00 bits per heavy atom. The summed E-state index contributed by atoms with van der Waals surface area (Å²) in [6, 6.07) is 13.1. The molecule has 2 aliphatic heterocycles. The Balaban J connectivity index is 0.000000326. The molecule has 0 bridgehead atoms. The number of aliphatic carboxylic acids is 1. The van der Waals surface area contributed by atoms with Crippen LogP contribution in [0.4, 0.5) is 19.9 Å². The van der Waals surface area contributed by atoms with Crippen molar-refractivity contribution in [1.29, 1.82) is 0 Å². The summed E-state index contributed by atoms with van der Waals surface area (Å²) in [5.74, 6) is -1.14. The summed E-state index contributed by atoms with van der Waals surface area (Å²) in [5.41, 5.74) is 26.5. The van der Waals surface area contributed by atoms with Crippen molar-refractivity contribution in [2.24, 2.45) is 11.8 Å². The van der Waals surface area contributed by atoms with Gasteiger partial charge in [0.25, 0.3) is 0 Å². The maximum Gasteiger partial charge on any atom is 1.00 e. The van der Waals surface area contributed by atoms with Crippen LogP contribution in [0.5, 0.6) is 23.0 Å². The van der Waals surface area contributed by atoms with Gasteiger partial charge in [-0.05, 0) is 178 Å². The third-order valence-corrected chi connectivity index (χ3v) is 19.8. The van der Waals surface area contributed by atoms with E-state index in [9.17, 15) is 33.9 Å². The van der Waals surface area contributed by atoms with Crippen molar-refractivity contribution in [2.45, 2.75) is 160 Å². The molecule has 2 aromatic carbocycles. The Labute approximate surface area is 734 Å². The number of benzene rings is 2. The summed E-state index contributed by atoms with van der Waals surface area (Å²) in [6.45, 7) is 34.7. The summed E-state index contributed by atoms with van der Waals surface area (Å²) in [7, 11) is 42.7. The summed E-state index contributed by atoms with van der Waals surface area (Å²) in [5, 5.41) is 28.9. The van der Waals surface area contributed by atoms with E-state index in [2.05, 4.69) is 111 Å². The number of ether oxygens (including phenoxy) is 7. The number of nitrogens with zero attached hydrogens (tertiary/aromatic N) is 6. The number of likely N-dealkylation sites (tertiary alicyclic amines) is 2. The number of carboxylic acids is 1. The van der Waals surface area contributed by atoms with Crippen LogP contribution in [0.3, 0.4) is 0 Å². The van der Waals surface area contributed by atoms with Gasteiger partial charge < -0.3 is 65.0 Å². The monoisotopic (exact) mass is 1630 g/mol. The third kappa shape index (κ3) is 27.7. The number of carbonyl (C=O) groups excluding carboxylic acids is 5. The molecule has 2 saturated heterocycles. The molecule has 120 heavy (non-hydrogen) atoms. The molecule has 6 N–H and O–H groups in total. The Morgan fingerprint density at radius 1 is 0.617 bits per heavy atom. The first-order chi connectivity index (χ1) is 55.8. The quantitative estimate of drug-likeness (QED) is 0.0156. The fourth-order valence-corrected chi connectivity index (χ4v) is 14.3. The van der Waals surface area contributed by atoms with E-state index >= 15 is 0 Å². The Morgan fingerprint density at radius 3 is 1.31 bits per heavy atom. The van der Waals surface area contributed by atoms with E-state index in [1.165, 1.54) is 45.6 Å². The molecule has 4 aliphatic rings. The summed E-state index contributed by atoms with van der Waals surface area (Å²) in [4.78, 5) is 101. The number of carbonyl (C=O) groups is 6. The molecule has 41 heteroatoms. The van der Waals surface area contributed by atoms with Crippen molar-refractivity contribution in [3.8, 4) is 45.8 Å². The number of aromatic nitrogens is 4. The number of fused-ring (bicyclic) bond motifs is 2. The van der Waals surface area contributed by atoms with Crippen molar-refractivity contribution < 1.29 is 91.4 Å². The number of anilines is 2. The molecule has 15 radical (unpaired) electrons. The van der Waals surface area contributed by atoms with E-state index in [1.54, 1.807) is 87.0 Å². The predicted octanol–water partition coefficient (Wildman–Crippen LogP) is 5.04. The van der Waals surface area contributed by atoms with Gasteiger partial charge in [0.2, 0.25) is 11.8 Å². The molecule has 10 rings (SSSR count). The second-order valence-electron chi connectivity index (χ2n) is 30.3. The van der Waals surface area contributed by atoms with Crippen LogP contribution in [0.2, 0.25) is 0 Å². The number of thiazole rings is 2. The largest absolute Gasteiger partial charge is 1.00 e. The van der Waals surface area contributed by atoms with Gasteiger partial charge in [-0.1, -0.05) is 23.6 Å². The predicted molar refractivity (Wildman–Crippen MR) is 477 cm³/mol. The fraction of sp³-hybridized carbons (Fsp3) is 0.405. The average Bonchev–Trinajstić information content (AvgIpc) is 1.59. The smallest absolute Gasteiger partial charge is 0.870 e. The molecule has 6 aromatic rings. The van der Waals surface area contributed by atoms with E-state index in [0.29, 0.717) is 68.6 Å². The van der Waals surface area contributed by atoms with Gasteiger partial charge in [-0.15, -0.1) is 35.8 Å². The number of amides is 4. The summed E-state index contributed by atoms with van der Waals surface area (Å²) >= 11 is 2.95. The second kappa shape index (κ2) is 45.5. The van der Waals surface area contributed by atoms with Crippen LogP contribution in [0, 0.1) is 11.8 Å². The topological polar surface area (TPSA) is 323 Å². The number of esters is 1. The standard InChI is InChI=1S/C34H43N5O7S.C32H39N5O7S.C13H4.B13.Li.H2O/c1-9-20-16-34(20,30(41)44-10-2)38-29(40)27-14-22(17-39(27)32(42)46-33(5,6)7)45-28-15-25(26-18-47-31(37-26)35-19(3)4)36-24-13-21(43-8)11-12-23(24)28;1-8-18-14-32(18,28(39)40)36-27(38)25-12-20(15-37(25)30(41)44-31(4,5)6)43-26-13-23(24-16-45-29(35-24)33-17(2)3)34-22-11-19(42-7)9-10-21(22)26;1-3-5-7-9-11-13-12-10-8-6-4-2;1-8-12(9(2)3)13(10(4)5)11(6)7;;/h9,11-13,15,18-20,22,27H,1,10,14,16-17H2,2-8H3,(H,35,37)(H,38,40);8-11,13,16-18,20,25H,1,12,14-15H2,2-7H3,(H,33,35)(H,36,38)(H,39,40);1-2H2;;;1H2/q;;;;+1;/p-1/t20-,22-,27+,34-;18-,20-,25+,32-;;;;/m11..../s1. The zero-order valence-electron chi connectivity index (χ0n) is 70.0. The number of hydrogen-bond donors (Lipinski definition) is 5. The van der Waals surface area contributed by atoms with Crippen LogP contribution in [0.25, 0.3) is 44.6 Å². The van der Waals surface area contributed by atoms with Crippen molar-refractivity contribution in [2.75, 3.05) is 44.5 Å². The van der Waals surface area contributed by atoms with Crippen LogP contribution in [0.15, 0.2) is 161 Å². The van der Waals surface area contributed by atoms with E-state index in [1.807, 2.05) is 68.8 Å². The van der Waals surface area contributed by atoms with E-state index in [-0.39, 0.29) is 87.7 Å². The Kier molecular flexibility index (Phi) is 38.1. The van der Waals surface area contributed by atoms with Gasteiger partial charge in [0.1, 0.15) is 81.0 Å². The minimum Gasteiger partial charge on any atom is -0.870 e. The van der Waals surface area contributed by atoms with Crippen LogP contribution >= 0.6 is 22.7 Å². The molecule has 6 heterocycles. The molecule has 0 unspecified atom stereocenters. The maximum atomic E-state index is 13.9. The normalized spacial score (nSPS) is 18.5. The fourth-order valence-electron chi connectivity index (χ4n) is 12.6. The molecule has 4 fully saturated rings. The number of carboxylic acid groups (broad SMARTS) is 1. The molecule has 2 saturated carbocycles. The van der Waals surface area contributed by atoms with Crippen LogP contribution in [-0.4, -0.2) is 262 Å². The van der Waals surface area contributed by atoms with Crippen molar-refractivity contribution in [3.63, 3.8) is 0 Å². The van der Waals surface area contributed by atoms with Gasteiger partial charge in [-0.25, -0.2) is 39.1 Å². The van der Waals surface area contributed by atoms with Gasteiger partial charge in [0, 0.05) is 176 Å². The third-order valence-electron chi connectivity index (χ3n) is 18.3. The van der Waals surface area contributed by atoms with E-state index in [0.717, 1.165) is 15.6 Å². The number of hydrogen-bond acceptors (Lipinski definition) is 22. The van der Waals surface area contributed by atoms with E-state index < -0.39 is 114 Å². The van der Waals surface area contributed by atoms with E-state index in [4.69, 9.17) is 107 Å². The zero-order valence-corrected chi connectivity index (χ0v) is 71.7. The Bertz CT molecular complexity index is 5080. The molecular formula is C79H87B13LiN10O15S2. The van der Waals surface area contributed by atoms with Crippen molar-refractivity contribution in [3.05, 3.63) is 161 Å². The minimum atomic E-state index is -1.44. The van der Waals surface area contributed by atoms with Gasteiger partial charge in [0.15, 0.2) is 10.3 Å². The first-order valence-electron chi connectivity index (χ1n) is 37.7. The number of pyridine rings is 2. The first kappa shape index (κ1) is 101. The molecule has 595 valence electrons. The van der Waals surface area contributed by atoms with Gasteiger partial charge in [0.05, 0.1) is 56.3 Å². The van der Waals surface area contributed by atoms with Crippen LogP contribution in [-0.2, 0) is 33.4 Å². The summed E-state index contributed by atoms with van der Waals surface area (Å²) in [6.07, 6.45) is -1.36. The molecule has 8 atom stereocenters. The SMILES string of the molecule is C=C=C=C=C=C=C=C=C=C=C=C=C.C=C[C@@H]1C[C@]1(NC(=O)[C@@H]1C[C@@H](Oc2cc(-c3csc(NC(C)C)n3)nc3cc(OC)ccc23)CN1C(=O)OC(C)(C)C)C(=O)O.C=C[C@@H]1C[C@]1(NC(=O)[C@@H]1C[C@@H](Oc2cc(-c3csc(NC(C)C)n3)nc3cc(OC)ccc23)CN1C(=O)OC(C)(C)C)C(=O)OCC.[B][B]B(B([B])[B])B(B([B])[B])B([B])[B].[Li+].[OH-]. The maximum absolute atomic E-state index is 13.9. The number of methoxy groups -OCH3 is 2. The zero-order chi connectivity index (χ0) is 87.1.